The molecule has 3 amide bonds. The highest BCUT2D eigenvalue weighted by Gasteiger charge is 2.27. The van der Waals surface area contributed by atoms with Crippen molar-refractivity contribution in [3.05, 3.63) is 40.4 Å². The maximum absolute atomic E-state index is 13.0. The van der Waals surface area contributed by atoms with Crippen molar-refractivity contribution in [1.82, 2.24) is 15.2 Å². The van der Waals surface area contributed by atoms with E-state index >= 15 is 0 Å². The van der Waals surface area contributed by atoms with Gasteiger partial charge in [0.25, 0.3) is 5.91 Å². The number of aromatic nitrogens is 1. The van der Waals surface area contributed by atoms with Crippen molar-refractivity contribution in [3.8, 4) is 5.75 Å². The Kier molecular flexibility index (Phi) is 5.99. The molecule has 1 aliphatic heterocycles. The number of hydrogen-bond acceptors (Lipinski definition) is 5. The molecule has 2 heterocycles. The van der Waals surface area contributed by atoms with Crippen LogP contribution in [0.3, 0.4) is 0 Å². The molecule has 0 spiro atoms. The highest BCUT2D eigenvalue weighted by atomic mass is 32.1. The van der Waals surface area contributed by atoms with E-state index in [4.69, 9.17) is 4.74 Å². The predicted molar refractivity (Wildman–Crippen MR) is 113 cm³/mol. The molecule has 2 N–H and O–H groups in total. The summed E-state index contributed by atoms with van der Waals surface area (Å²) in [5, 5.41) is 6.47. The molecule has 0 radical (unpaired) electrons. The molecule has 1 aliphatic carbocycles. The maximum Gasteiger partial charge on any atom is 0.321 e. The Morgan fingerprint density at radius 2 is 2.07 bits per heavy atom. The Bertz CT molecular complexity index is 892. The monoisotopic (exact) mass is 414 g/mol. The molecule has 29 heavy (non-hydrogen) atoms. The summed E-state index contributed by atoms with van der Waals surface area (Å²) in [5.74, 6) is 0.572. The average Bonchev–Trinajstić information content (AvgIpc) is 3.36. The highest BCUT2D eigenvalue weighted by Crippen LogP contribution is 2.30. The summed E-state index contributed by atoms with van der Waals surface area (Å²) in [6.07, 6.45) is 5.12. The lowest BCUT2D eigenvalue weighted by atomic mass is 10.1. The summed E-state index contributed by atoms with van der Waals surface area (Å²) < 4.78 is 5.61. The lowest BCUT2D eigenvalue weighted by molar-refractivity contribution is 0.0732. The molecule has 1 aromatic carbocycles. The van der Waals surface area contributed by atoms with E-state index in [1.807, 2.05) is 30.0 Å². The van der Waals surface area contributed by atoms with E-state index in [2.05, 4.69) is 15.6 Å². The third kappa shape index (κ3) is 4.53. The molecule has 1 saturated carbocycles. The topological polar surface area (TPSA) is 83.6 Å². The number of para-hydroxylation sites is 1. The maximum atomic E-state index is 13.0. The minimum absolute atomic E-state index is 0.0402. The van der Waals surface area contributed by atoms with Gasteiger partial charge < -0.3 is 15.0 Å². The Morgan fingerprint density at radius 3 is 2.86 bits per heavy atom. The quantitative estimate of drug-likeness (QED) is 0.779. The van der Waals surface area contributed by atoms with Gasteiger partial charge in [0.1, 0.15) is 5.75 Å². The van der Waals surface area contributed by atoms with Crippen molar-refractivity contribution in [1.29, 1.82) is 0 Å². The molecule has 154 valence electrons. The van der Waals surface area contributed by atoms with Gasteiger partial charge in [-0.3, -0.25) is 10.1 Å². The number of amides is 3. The zero-order valence-corrected chi connectivity index (χ0v) is 17.4. The van der Waals surface area contributed by atoms with Crippen LogP contribution in [0.5, 0.6) is 5.75 Å². The first-order chi connectivity index (χ1) is 14.1. The van der Waals surface area contributed by atoms with Crippen LogP contribution in [0.15, 0.2) is 24.3 Å². The number of ether oxygens (including phenoxy) is 1. The summed E-state index contributed by atoms with van der Waals surface area (Å²) >= 11 is 1.44. The van der Waals surface area contributed by atoms with Crippen molar-refractivity contribution in [3.63, 3.8) is 0 Å². The van der Waals surface area contributed by atoms with Crippen molar-refractivity contribution >= 4 is 28.4 Å². The lowest BCUT2D eigenvalue weighted by Gasteiger charge is -2.26. The average molecular weight is 415 g/mol. The van der Waals surface area contributed by atoms with Crippen LogP contribution >= 0.6 is 11.3 Å². The molecule has 2 aliphatic rings. The van der Waals surface area contributed by atoms with E-state index < -0.39 is 0 Å². The molecule has 8 heteroatoms. The van der Waals surface area contributed by atoms with E-state index in [0.717, 1.165) is 23.4 Å². The second kappa shape index (κ2) is 8.82. The molecule has 0 unspecified atom stereocenters. The summed E-state index contributed by atoms with van der Waals surface area (Å²) in [5.41, 5.74) is 1.55. The smallest absolute Gasteiger partial charge is 0.321 e. The van der Waals surface area contributed by atoms with E-state index in [1.165, 1.54) is 24.2 Å². The zero-order chi connectivity index (χ0) is 20.2. The normalized spacial score (nSPS) is 16.4. The van der Waals surface area contributed by atoms with E-state index in [-0.39, 0.29) is 18.0 Å². The number of carbonyl (C=O) groups is 2. The van der Waals surface area contributed by atoms with Crippen LogP contribution in [0, 0.1) is 0 Å². The van der Waals surface area contributed by atoms with Crippen molar-refractivity contribution < 1.29 is 14.3 Å². The molecule has 7 nitrogen and oxygen atoms in total. The number of benzene rings is 1. The Hall–Kier alpha value is -2.61. The molecule has 0 atom stereocenters. The van der Waals surface area contributed by atoms with Crippen LogP contribution in [-0.2, 0) is 13.0 Å². The highest BCUT2D eigenvalue weighted by molar-refractivity contribution is 7.15. The number of rotatable bonds is 5. The Morgan fingerprint density at radius 1 is 1.28 bits per heavy atom. The van der Waals surface area contributed by atoms with Gasteiger partial charge in [-0.05, 0) is 31.9 Å². The van der Waals surface area contributed by atoms with Crippen molar-refractivity contribution in [2.45, 2.75) is 51.6 Å². The second-order valence-electron chi connectivity index (χ2n) is 7.37. The lowest BCUT2D eigenvalue weighted by Crippen LogP contribution is -2.36. The molecular weight excluding hydrogens is 388 g/mol. The molecule has 0 bridgehead atoms. The summed E-state index contributed by atoms with van der Waals surface area (Å²) in [6, 6.07) is 7.42. The van der Waals surface area contributed by atoms with Crippen LogP contribution < -0.4 is 15.4 Å². The predicted octanol–water partition coefficient (Wildman–Crippen LogP) is 3.80. The standard InChI is InChI=1S/C21H26N4O3S/c1-2-28-17-10-6-5-9-15(17)19(26)25-12-11-16-18(13-25)29-21(23-16)24-20(27)22-14-7-3-4-8-14/h5-6,9-10,14H,2-4,7-8,11-13H2,1H3,(H2,22,23,24,27). The first-order valence-corrected chi connectivity index (χ1v) is 11.0. The van der Waals surface area contributed by atoms with Crippen molar-refractivity contribution in [2.75, 3.05) is 18.5 Å². The van der Waals surface area contributed by atoms with Crippen LogP contribution in [0.4, 0.5) is 9.93 Å². The third-order valence-electron chi connectivity index (χ3n) is 5.35. The van der Waals surface area contributed by atoms with Gasteiger partial charge in [-0.1, -0.05) is 36.3 Å². The minimum Gasteiger partial charge on any atom is -0.493 e. The number of anilines is 1. The number of fused-ring (bicyclic) bond motifs is 1. The van der Waals surface area contributed by atoms with E-state index in [9.17, 15) is 9.59 Å². The SMILES string of the molecule is CCOc1ccccc1C(=O)N1CCc2nc(NC(=O)NC3CCCC3)sc2C1. The number of urea groups is 1. The van der Waals surface area contributed by atoms with Crippen LogP contribution in [0.2, 0.25) is 0 Å². The summed E-state index contributed by atoms with van der Waals surface area (Å²) in [4.78, 5) is 32.6. The molecule has 1 aromatic heterocycles. The van der Waals surface area contributed by atoms with Crippen molar-refractivity contribution in [2.24, 2.45) is 0 Å². The fourth-order valence-corrected chi connectivity index (χ4v) is 4.92. The van der Waals surface area contributed by atoms with Gasteiger partial charge >= 0.3 is 6.03 Å². The summed E-state index contributed by atoms with van der Waals surface area (Å²) in [6.45, 7) is 3.52. The van der Waals surface area contributed by atoms with Crippen LogP contribution in [0.25, 0.3) is 0 Å². The Balaban J connectivity index is 1.41. The fourth-order valence-electron chi connectivity index (χ4n) is 3.91. The van der Waals surface area contributed by atoms with E-state index in [0.29, 0.717) is 42.6 Å². The number of nitrogens with one attached hydrogen (secondary N) is 2. The molecular formula is C21H26N4O3S. The van der Waals surface area contributed by atoms with Gasteiger partial charge in [0.05, 0.1) is 24.4 Å². The number of hydrogen-bond donors (Lipinski definition) is 2. The fraction of sp³-hybridized carbons (Fsp3) is 0.476. The summed E-state index contributed by atoms with van der Waals surface area (Å²) in [7, 11) is 0. The van der Waals surface area contributed by atoms with Gasteiger partial charge in [0.15, 0.2) is 5.13 Å². The minimum atomic E-state index is -0.193. The second-order valence-corrected chi connectivity index (χ2v) is 8.46. The molecule has 2 aromatic rings. The van der Waals surface area contributed by atoms with Gasteiger partial charge in [-0.25, -0.2) is 9.78 Å². The van der Waals surface area contributed by atoms with Gasteiger partial charge in [0, 0.05) is 23.9 Å². The largest absolute Gasteiger partial charge is 0.493 e. The first-order valence-electron chi connectivity index (χ1n) is 10.2. The number of carbonyl (C=O) groups excluding carboxylic acids is 2. The first kappa shape index (κ1) is 19.7. The van der Waals surface area contributed by atoms with E-state index in [1.54, 1.807) is 6.07 Å². The van der Waals surface area contributed by atoms with Crippen LogP contribution in [0.1, 0.15) is 53.5 Å². The Labute approximate surface area is 174 Å². The molecule has 0 saturated heterocycles. The zero-order valence-electron chi connectivity index (χ0n) is 16.6. The number of thiazole rings is 1. The van der Waals surface area contributed by atoms with Gasteiger partial charge in [0.2, 0.25) is 0 Å². The van der Waals surface area contributed by atoms with Gasteiger partial charge in [-0.15, -0.1) is 0 Å². The molecule has 4 rings (SSSR count). The van der Waals surface area contributed by atoms with Crippen LogP contribution in [-0.4, -0.2) is 41.0 Å². The molecule has 1 fully saturated rings. The number of nitrogens with zero attached hydrogens (tertiary/aromatic N) is 2. The third-order valence-corrected chi connectivity index (χ3v) is 6.34. The van der Waals surface area contributed by atoms with Gasteiger partial charge in [-0.2, -0.15) is 0 Å².